The number of carbonyl (C=O) groups excluding carboxylic acids is 1. The second-order valence-electron chi connectivity index (χ2n) is 8.75. The predicted molar refractivity (Wildman–Crippen MR) is 82.7 cm³/mol. The van der Waals surface area contributed by atoms with Crippen molar-refractivity contribution in [3.8, 4) is 0 Å². The van der Waals surface area contributed by atoms with E-state index in [-0.39, 0.29) is 22.3 Å². The largest absolute Gasteiger partial charge is 0.394 e. The average molecular weight is 344 g/mol. The molecule has 0 aromatic rings. The topological polar surface area (TPSA) is 49.3 Å². The Morgan fingerprint density at radius 3 is 2.55 bits per heavy atom. The lowest BCUT2D eigenvalue weighted by Crippen LogP contribution is -2.63. The third kappa shape index (κ3) is 2.33. The lowest BCUT2D eigenvalue weighted by Gasteiger charge is -2.63. The summed E-state index contributed by atoms with van der Waals surface area (Å²) < 4.78 is 0.169. The van der Waals surface area contributed by atoms with Crippen LogP contribution in [0.15, 0.2) is 0 Å². The fourth-order valence-corrected chi connectivity index (χ4v) is 7.20. The van der Waals surface area contributed by atoms with E-state index in [0.29, 0.717) is 11.3 Å². The van der Waals surface area contributed by atoms with Crippen molar-refractivity contribution < 1.29 is 9.90 Å². The summed E-state index contributed by atoms with van der Waals surface area (Å²) >= 11 is 3.96. The molecule has 114 valence electrons. The van der Waals surface area contributed by atoms with E-state index in [2.05, 4.69) is 28.2 Å². The van der Waals surface area contributed by atoms with Crippen molar-refractivity contribution in [2.24, 2.45) is 16.7 Å². The number of alkyl halides is 1. The number of carbonyl (C=O) groups is 1. The first-order chi connectivity index (χ1) is 9.10. The van der Waals surface area contributed by atoms with Gasteiger partial charge in [0.2, 0.25) is 5.91 Å². The third-order valence-corrected chi connectivity index (χ3v) is 6.49. The molecule has 0 aromatic carbocycles. The summed E-state index contributed by atoms with van der Waals surface area (Å²) in [5.74, 6) is 0.842. The smallest absolute Gasteiger partial charge is 0.226 e. The zero-order chi connectivity index (χ0) is 14.8. The minimum Gasteiger partial charge on any atom is -0.394 e. The van der Waals surface area contributed by atoms with Crippen molar-refractivity contribution in [2.45, 2.75) is 69.2 Å². The van der Waals surface area contributed by atoms with Crippen molar-refractivity contribution in [1.82, 2.24) is 5.32 Å². The van der Waals surface area contributed by atoms with Crippen molar-refractivity contribution in [1.29, 1.82) is 0 Å². The Labute approximate surface area is 130 Å². The van der Waals surface area contributed by atoms with Crippen LogP contribution in [-0.4, -0.2) is 27.5 Å². The van der Waals surface area contributed by atoms with Crippen LogP contribution >= 0.6 is 15.9 Å². The van der Waals surface area contributed by atoms with E-state index in [1.807, 2.05) is 13.8 Å². The Hall–Kier alpha value is -0.0900. The van der Waals surface area contributed by atoms with Gasteiger partial charge in [-0.2, -0.15) is 0 Å². The number of nitrogens with one attached hydrogen (secondary N) is 1. The van der Waals surface area contributed by atoms with E-state index in [1.165, 1.54) is 19.3 Å². The Balaban J connectivity index is 1.87. The molecular formula is C16H26BrNO2. The summed E-state index contributed by atoms with van der Waals surface area (Å²) in [5, 5.41) is 12.5. The van der Waals surface area contributed by atoms with Crippen LogP contribution < -0.4 is 5.32 Å². The van der Waals surface area contributed by atoms with Crippen LogP contribution in [-0.2, 0) is 4.79 Å². The van der Waals surface area contributed by atoms with E-state index < -0.39 is 5.54 Å². The van der Waals surface area contributed by atoms with Crippen LogP contribution in [0.5, 0.6) is 0 Å². The molecule has 2 N–H and O–H groups in total. The molecule has 0 aliphatic heterocycles. The number of aliphatic hydroxyl groups is 1. The standard InChI is InChI=1S/C16H26BrNO2/c1-13(2,10-19)18-12(20)15-5-11-4-14(3,7-15)8-16(17,6-11)9-15/h11,19H,4-10H2,1-3H3,(H,18,20)/t11-,14+,15-,16-/m1/s1. The molecule has 4 saturated carbocycles. The fourth-order valence-electron chi connectivity index (χ4n) is 5.52. The quantitative estimate of drug-likeness (QED) is 0.774. The summed E-state index contributed by atoms with van der Waals surface area (Å²) in [6.45, 7) is 6.11. The lowest BCUT2D eigenvalue weighted by molar-refractivity contribution is -0.153. The van der Waals surface area contributed by atoms with E-state index in [9.17, 15) is 9.90 Å². The third-order valence-electron chi connectivity index (χ3n) is 5.61. The van der Waals surface area contributed by atoms with Crippen LogP contribution in [0.1, 0.15) is 59.3 Å². The summed E-state index contributed by atoms with van der Waals surface area (Å²) in [7, 11) is 0. The molecule has 0 spiro atoms. The van der Waals surface area contributed by atoms with Gasteiger partial charge in [0.25, 0.3) is 0 Å². The Morgan fingerprint density at radius 1 is 1.30 bits per heavy atom. The van der Waals surface area contributed by atoms with E-state index >= 15 is 0 Å². The molecule has 4 fully saturated rings. The molecule has 0 saturated heterocycles. The molecule has 4 aliphatic carbocycles. The maximum Gasteiger partial charge on any atom is 0.226 e. The van der Waals surface area contributed by atoms with E-state index in [4.69, 9.17) is 0 Å². The predicted octanol–water partition coefficient (Wildman–Crippen LogP) is 3.00. The Kier molecular flexibility index (Phi) is 3.13. The van der Waals surface area contributed by atoms with Crippen LogP contribution in [0.4, 0.5) is 0 Å². The van der Waals surface area contributed by atoms with Gasteiger partial charge in [0.05, 0.1) is 17.6 Å². The Morgan fingerprint density at radius 2 is 2.00 bits per heavy atom. The first-order valence-electron chi connectivity index (χ1n) is 7.72. The summed E-state index contributed by atoms with van der Waals surface area (Å²) in [6, 6.07) is 0. The molecule has 4 atom stereocenters. The minimum absolute atomic E-state index is 0.0189. The number of halogens is 1. The molecule has 0 heterocycles. The second-order valence-corrected chi connectivity index (χ2v) is 10.4. The zero-order valence-electron chi connectivity index (χ0n) is 12.8. The van der Waals surface area contributed by atoms with Crippen LogP contribution in [0, 0.1) is 16.7 Å². The highest BCUT2D eigenvalue weighted by molar-refractivity contribution is 9.10. The van der Waals surface area contributed by atoms with Gasteiger partial charge < -0.3 is 10.4 Å². The maximum absolute atomic E-state index is 12.9. The van der Waals surface area contributed by atoms with Gasteiger partial charge in [0, 0.05) is 4.32 Å². The number of hydrogen-bond acceptors (Lipinski definition) is 2. The lowest BCUT2D eigenvalue weighted by atomic mass is 9.44. The minimum atomic E-state index is -0.527. The number of rotatable bonds is 3. The van der Waals surface area contributed by atoms with Crippen molar-refractivity contribution in [3.63, 3.8) is 0 Å². The van der Waals surface area contributed by atoms with Crippen molar-refractivity contribution >= 4 is 21.8 Å². The molecule has 4 bridgehead atoms. The Bertz CT molecular complexity index is 430. The highest BCUT2D eigenvalue weighted by atomic mass is 79.9. The average Bonchev–Trinajstić information content (AvgIpc) is 2.23. The first-order valence-corrected chi connectivity index (χ1v) is 8.51. The molecule has 4 heteroatoms. The molecule has 20 heavy (non-hydrogen) atoms. The molecule has 3 nitrogen and oxygen atoms in total. The summed E-state index contributed by atoms with van der Waals surface area (Å²) in [5.41, 5.74) is -0.436. The van der Waals surface area contributed by atoms with Gasteiger partial charge in [0.15, 0.2) is 0 Å². The second kappa shape index (κ2) is 4.22. The van der Waals surface area contributed by atoms with E-state index in [0.717, 1.165) is 19.3 Å². The molecular weight excluding hydrogens is 318 g/mol. The number of hydrogen-bond donors (Lipinski definition) is 2. The van der Waals surface area contributed by atoms with Crippen LogP contribution in [0.25, 0.3) is 0 Å². The highest BCUT2D eigenvalue weighted by Gasteiger charge is 2.63. The molecule has 0 unspecified atom stereocenters. The molecule has 1 amide bonds. The van der Waals surface area contributed by atoms with Crippen molar-refractivity contribution in [3.05, 3.63) is 0 Å². The molecule has 4 rings (SSSR count). The summed E-state index contributed by atoms with van der Waals surface area (Å²) in [6.07, 6.45) is 6.70. The van der Waals surface area contributed by atoms with Gasteiger partial charge in [-0.05, 0) is 63.7 Å². The van der Waals surface area contributed by atoms with Crippen LogP contribution in [0.2, 0.25) is 0 Å². The highest BCUT2D eigenvalue weighted by Crippen LogP contribution is 2.68. The maximum atomic E-state index is 12.9. The normalized spacial score (nSPS) is 46.5. The summed E-state index contributed by atoms with van der Waals surface area (Å²) in [4.78, 5) is 12.9. The van der Waals surface area contributed by atoms with Gasteiger partial charge in [-0.1, -0.05) is 22.9 Å². The molecule has 0 radical (unpaired) electrons. The zero-order valence-corrected chi connectivity index (χ0v) is 14.3. The van der Waals surface area contributed by atoms with Gasteiger partial charge in [-0.3, -0.25) is 4.79 Å². The monoisotopic (exact) mass is 343 g/mol. The van der Waals surface area contributed by atoms with E-state index in [1.54, 1.807) is 0 Å². The fraction of sp³-hybridized carbons (Fsp3) is 0.938. The molecule has 0 aromatic heterocycles. The van der Waals surface area contributed by atoms with Gasteiger partial charge in [-0.25, -0.2) is 0 Å². The SMILES string of the molecule is CC(C)(CO)NC(=O)[C@@]12C[C@H]3C[C@](C)(C[C@](Br)(C3)C1)C2. The number of amides is 1. The number of aliphatic hydroxyl groups excluding tert-OH is 1. The van der Waals surface area contributed by atoms with Gasteiger partial charge >= 0.3 is 0 Å². The molecule has 4 aliphatic rings. The first kappa shape index (κ1) is 14.8. The van der Waals surface area contributed by atoms with Crippen LogP contribution in [0.3, 0.4) is 0 Å². The van der Waals surface area contributed by atoms with Gasteiger partial charge in [0.1, 0.15) is 0 Å². The van der Waals surface area contributed by atoms with Crippen molar-refractivity contribution in [2.75, 3.05) is 6.61 Å². The van der Waals surface area contributed by atoms with Gasteiger partial charge in [-0.15, -0.1) is 0 Å².